The van der Waals surface area contributed by atoms with Gasteiger partial charge in [-0.05, 0) is 6.08 Å². The van der Waals surface area contributed by atoms with Gasteiger partial charge in [-0.2, -0.15) is 4.99 Å². The maximum absolute atomic E-state index is 12.7. The summed E-state index contributed by atoms with van der Waals surface area (Å²) in [5, 5.41) is 0. The summed E-state index contributed by atoms with van der Waals surface area (Å²) in [4.78, 5) is 18.3. The van der Waals surface area contributed by atoms with Crippen molar-refractivity contribution in [3.63, 3.8) is 0 Å². The molecule has 1 amide bonds. The second kappa shape index (κ2) is 2.48. The summed E-state index contributed by atoms with van der Waals surface area (Å²) in [5.74, 6) is -0.621. The SMILES string of the molecule is O=C1N=CN=C2C=C(F)CC=C12. The van der Waals surface area contributed by atoms with Crippen LogP contribution in [0.15, 0.2) is 33.5 Å². The van der Waals surface area contributed by atoms with Crippen LogP contribution in [0.2, 0.25) is 0 Å². The Hall–Kier alpha value is -1.58. The van der Waals surface area contributed by atoms with Crippen molar-refractivity contribution in [2.24, 2.45) is 9.98 Å². The van der Waals surface area contributed by atoms with Crippen LogP contribution < -0.4 is 0 Å². The molecule has 0 saturated carbocycles. The maximum atomic E-state index is 12.7. The Kier molecular flexibility index (Phi) is 1.46. The van der Waals surface area contributed by atoms with Gasteiger partial charge < -0.3 is 0 Å². The summed E-state index contributed by atoms with van der Waals surface area (Å²) >= 11 is 0. The Morgan fingerprint density at radius 1 is 1.50 bits per heavy atom. The zero-order valence-electron chi connectivity index (χ0n) is 6.12. The molecule has 1 aliphatic heterocycles. The molecule has 1 aliphatic carbocycles. The summed E-state index contributed by atoms with van der Waals surface area (Å²) in [5.41, 5.74) is 0.776. The molecule has 0 radical (unpaired) electrons. The highest BCUT2D eigenvalue weighted by molar-refractivity contribution is 6.30. The van der Waals surface area contributed by atoms with E-state index < -0.39 is 0 Å². The second-order valence-corrected chi connectivity index (χ2v) is 2.48. The largest absolute Gasteiger partial charge is 0.280 e. The third-order valence-corrected chi connectivity index (χ3v) is 1.67. The number of fused-ring (bicyclic) bond motifs is 1. The summed E-state index contributed by atoms with van der Waals surface area (Å²) < 4.78 is 12.7. The number of amides is 1. The van der Waals surface area contributed by atoms with Gasteiger partial charge in [0.2, 0.25) is 0 Å². The molecule has 2 rings (SSSR count). The molecule has 0 aromatic heterocycles. The van der Waals surface area contributed by atoms with Gasteiger partial charge in [0.05, 0.1) is 11.3 Å². The van der Waals surface area contributed by atoms with Crippen LogP contribution in [-0.4, -0.2) is 18.0 Å². The average Bonchev–Trinajstić information content (AvgIpc) is 2.04. The van der Waals surface area contributed by atoms with E-state index in [9.17, 15) is 9.18 Å². The molecule has 0 fully saturated rings. The van der Waals surface area contributed by atoms with Gasteiger partial charge in [0.15, 0.2) is 0 Å². The fourth-order valence-corrected chi connectivity index (χ4v) is 1.11. The standard InChI is InChI=1S/C8H5FN2O/c9-5-1-2-6-7(3-5)10-4-11-8(6)12/h2-4H,1H2. The minimum atomic E-state index is -0.344. The quantitative estimate of drug-likeness (QED) is 0.530. The van der Waals surface area contributed by atoms with Gasteiger partial charge in [0.25, 0.3) is 5.91 Å². The summed E-state index contributed by atoms with van der Waals surface area (Å²) in [6.45, 7) is 0. The lowest BCUT2D eigenvalue weighted by Gasteiger charge is -2.10. The van der Waals surface area contributed by atoms with Crippen LogP contribution in [0.4, 0.5) is 4.39 Å². The van der Waals surface area contributed by atoms with Crippen molar-refractivity contribution in [3.05, 3.63) is 23.6 Å². The van der Waals surface area contributed by atoms with Gasteiger partial charge in [-0.1, -0.05) is 6.08 Å². The maximum Gasteiger partial charge on any atom is 0.280 e. The first-order chi connectivity index (χ1) is 5.77. The second-order valence-electron chi connectivity index (χ2n) is 2.48. The third-order valence-electron chi connectivity index (χ3n) is 1.67. The molecule has 0 unspecified atom stereocenters. The summed E-state index contributed by atoms with van der Waals surface area (Å²) in [7, 11) is 0. The molecule has 0 N–H and O–H groups in total. The zero-order valence-corrected chi connectivity index (χ0v) is 6.12. The highest BCUT2D eigenvalue weighted by Gasteiger charge is 2.19. The van der Waals surface area contributed by atoms with Gasteiger partial charge in [0.1, 0.15) is 12.2 Å². The Balaban J connectivity index is 2.46. The molecule has 4 heteroatoms. The number of halogens is 1. The van der Waals surface area contributed by atoms with Crippen LogP contribution in [0.5, 0.6) is 0 Å². The van der Waals surface area contributed by atoms with Gasteiger partial charge in [-0.3, -0.25) is 4.79 Å². The van der Waals surface area contributed by atoms with Crippen LogP contribution in [0.25, 0.3) is 0 Å². The van der Waals surface area contributed by atoms with Crippen molar-refractivity contribution in [1.82, 2.24) is 0 Å². The Labute approximate surface area is 68.0 Å². The summed E-state index contributed by atoms with van der Waals surface area (Å²) in [6, 6.07) is 0. The smallest absolute Gasteiger partial charge is 0.267 e. The summed E-state index contributed by atoms with van der Waals surface area (Å²) in [6.07, 6.45) is 4.07. The molecule has 1 heterocycles. The molecule has 3 nitrogen and oxygen atoms in total. The lowest BCUT2D eigenvalue weighted by Crippen LogP contribution is -2.16. The Morgan fingerprint density at radius 3 is 3.17 bits per heavy atom. The van der Waals surface area contributed by atoms with E-state index in [2.05, 4.69) is 9.98 Å². The van der Waals surface area contributed by atoms with Gasteiger partial charge in [0, 0.05) is 6.42 Å². The van der Waals surface area contributed by atoms with Crippen LogP contribution >= 0.6 is 0 Å². The highest BCUT2D eigenvalue weighted by Crippen LogP contribution is 2.18. The number of carbonyl (C=O) groups is 1. The monoisotopic (exact) mass is 164 g/mol. The number of carbonyl (C=O) groups excluding carboxylic acids is 1. The van der Waals surface area contributed by atoms with Crippen molar-refractivity contribution < 1.29 is 9.18 Å². The van der Waals surface area contributed by atoms with Crippen molar-refractivity contribution in [1.29, 1.82) is 0 Å². The van der Waals surface area contributed by atoms with Crippen LogP contribution in [0.3, 0.4) is 0 Å². The average molecular weight is 164 g/mol. The van der Waals surface area contributed by atoms with Crippen LogP contribution in [0.1, 0.15) is 6.42 Å². The van der Waals surface area contributed by atoms with Crippen molar-refractivity contribution in [3.8, 4) is 0 Å². The molecule has 0 saturated heterocycles. The normalized spacial score (nSPS) is 21.1. The molecule has 12 heavy (non-hydrogen) atoms. The first-order valence-corrected chi connectivity index (χ1v) is 3.48. The number of allylic oxidation sites excluding steroid dienone is 3. The fraction of sp³-hybridized carbons (Fsp3) is 0.125. The molecular weight excluding hydrogens is 159 g/mol. The van der Waals surface area contributed by atoms with Gasteiger partial charge in [-0.15, -0.1) is 0 Å². The van der Waals surface area contributed by atoms with Crippen LogP contribution in [0, 0.1) is 0 Å². The molecule has 0 aromatic carbocycles. The number of nitrogens with zero attached hydrogens (tertiary/aromatic N) is 2. The van der Waals surface area contributed by atoms with E-state index in [-0.39, 0.29) is 18.2 Å². The highest BCUT2D eigenvalue weighted by atomic mass is 19.1. The fourth-order valence-electron chi connectivity index (χ4n) is 1.11. The van der Waals surface area contributed by atoms with Crippen molar-refractivity contribution >= 4 is 18.0 Å². The van der Waals surface area contributed by atoms with E-state index in [1.165, 1.54) is 12.2 Å². The number of rotatable bonds is 0. The molecule has 2 aliphatic rings. The molecule has 0 atom stereocenters. The topological polar surface area (TPSA) is 41.8 Å². The number of aliphatic imine (C=N–C) groups is 2. The Morgan fingerprint density at radius 2 is 2.33 bits per heavy atom. The first-order valence-electron chi connectivity index (χ1n) is 3.48. The van der Waals surface area contributed by atoms with Gasteiger partial charge in [-0.25, -0.2) is 9.38 Å². The number of hydrogen-bond donors (Lipinski definition) is 0. The lowest BCUT2D eigenvalue weighted by molar-refractivity contribution is -0.113. The van der Waals surface area contributed by atoms with E-state index in [0.29, 0.717) is 11.3 Å². The third kappa shape index (κ3) is 1.01. The first kappa shape index (κ1) is 7.09. The minimum Gasteiger partial charge on any atom is -0.267 e. The van der Waals surface area contributed by atoms with Crippen molar-refractivity contribution in [2.75, 3.05) is 0 Å². The van der Waals surface area contributed by atoms with E-state index in [1.807, 2.05) is 0 Å². The Bertz CT molecular complexity index is 363. The molecular formula is C8H5FN2O. The zero-order chi connectivity index (χ0) is 8.55. The lowest BCUT2D eigenvalue weighted by atomic mass is 10.0. The van der Waals surface area contributed by atoms with E-state index in [4.69, 9.17) is 0 Å². The van der Waals surface area contributed by atoms with Gasteiger partial charge >= 0.3 is 0 Å². The number of hydrogen-bond acceptors (Lipinski definition) is 2. The molecule has 60 valence electrons. The van der Waals surface area contributed by atoms with E-state index >= 15 is 0 Å². The molecule has 0 spiro atoms. The van der Waals surface area contributed by atoms with Crippen molar-refractivity contribution in [2.45, 2.75) is 6.42 Å². The molecule has 0 bridgehead atoms. The minimum absolute atomic E-state index is 0.162. The van der Waals surface area contributed by atoms with Crippen LogP contribution in [-0.2, 0) is 4.79 Å². The molecule has 0 aromatic rings. The predicted octanol–water partition coefficient (Wildman–Crippen LogP) is 1.18. The van der Waals surface area contributed by atoms with E-state index in [0.717, 1.165) is 6.34 Å². The van der Waals surface area contributed by atoms with E-state index in [1.54, 1.807) is 0 Å². The predicted molar refractivity (Wildman–Crippen MR) is 42.8 cm³/mol.